The first kappa shape index (κ1) is 17.9. The molecule has 0 radical (unpaired) electrons. The van der Waals surface area contributed by atoms with Gasteiger partial charge < -0.3 is 5.32 Å². The van der Waals surface area contributed by atoms with Crippen LogP contribution in [0.25, 0.3) is 0 Å². The Morgan fingerprint density at radius 1 is 1.30 bits per heavy atom. The van der Waals surface area contributed by atoms with Gasteiger partial charge in [-0.3, -0.25) is 4.79 Å². The molecule has 0 unspecified atom stereocenters. The SMILES string of the molecule is CS(=O)(=O)NCCc1ccc(C(=O)Nc2ccc(F)c(Cl)c2)s1. The summed E-state index contributed by atoms with van der Waals surface area (Å²) in [6.07, 6.45) is 1.58. The molecule has 1 heterocycles. The van der Waals surface area contributed by atoms with Crippen LogP contribution in [-0.4, -0.2) is 27.1 Å². The first-order valence-corrected chi connectivity index (χ1v) is 9.63. The maximum absolute atomic E-state index is 13.1. The number of amides is 1. The summed E-state index contributed by atoms with van der Waals surface area (Å²) in [7, 11) is -3.22. The molecule has 1 amide bonds. The Morgan fingerprint density at radius 2 is 2.04 bits per heavy atom. The third-order valence-corrected chi connectivity index (χ3v) is 4.96. The second-order valence-electron chi connectivity index (χ2n) is 4.77. The number of nitrogens with one attached hydrogen (secondary N) is 2. The molecule has 1 aromatic carbocycles. The predicted molar refractivity (Wildman–Crippen MR) is 90.2 cm³/mol. The highest BCUT2D eigenvalue weighted by atomic mass is 35.5. The van der Waals surface area contributed by atoms with Crippen LogP contribution < -0.4 is 10.0 Å². The Balaban J connectivity index is 1.96. The van der Waals surface area contributed by atoms with Crippen LogP contribution in [-0.2, 0) is 16.4 Å². The van der Waals surface area contributed by atoms with Crippen LogP contribution in [0.5, 0.6) is 0 Å². The van der Waals surface area contributed by atoms with Crippen molar-refractivity contribution in [3.8, 4) is 0 Å². The van der Waals surface area contributed by atoms with Crippen molar-refractivity contribution >= 4 is 44.6 Å². The highest BCUT2D eigenvalue weighted by Gasteiger charge is 2.11. The monoisotopic (exact) mass is 376 g/mol. The van der Waals surface area contributed by atoms with Gasteiger partial charge in [-0.25, -0.2) is 17.5 Å². The van der Waals surface area contributed by atoms with Crippen molar-refractivity contribution in [1.82, 2.24) is 4.72 Å². The van der Waals surface area contributed by atoms with Crippen molar-refractivity contribution in [2.75, 3.05) is 18.1 Å². The van der Waals surface area contributed by atoms with Crippen LogP contribution in [0.4, 0.5) is 10.1 Å². The Hall–Kier alpha value is -1.48. The van der Waals surface area contributed by atoms with Gasteiger partial charge in [-0.1, -0.05) is 11.6 Å². The highest BCUT2D eigenvalue weighted by molar-refractivity contribution is 7.88. The van der Waals surface area contributed by atoms with Crippen molar-refractivity contribution in [2.45, 2.75) is 6.42 Å². The van der Waals surface area contributed by atoms with E-state index in [1.54, 1.807) is 12.1 Å². The fraction of sp³-hybridized carbons (Fsp3) is 0.214. The molecule has 0 atom stereocenters. The van der Waals surface area contributed by atoms with Crippen LogP contribution in [0.1, 0.15) is 14.5 Å². The van der Waals surface area contributed by atoms with Crippen LogP contribution in [0.2, 0.25) is 5.02 Å². The van der Waals surface area contributed by atoms with E-state index in [-0.39, 0.29) is 17.5 Å². The van der Waals surface area contributed by atoms with Crippen molar-refractivity contribution < 1.29 is 17.6 Å². The second kappa shape index (κ2) is 7.39. The molecule has 0 aliphatic heterocycles. The van der Waals surface area contributed by atoms with Crippen LogP contribution in [0.3, 0.4) is 0 Å². The smallest absolute Gasteiger partial charge is 0.265 e. The summed E-state index contributed by atoms with van der Waals surface area (Å²) >= 11 is 6.93. The number of benzene rings is 1. The average molecular weight is 377 g/mol. The average Bonchev–Trinajstić information content (AvgIpc) is 2.90. The molecule has 2 rings (SSSR count). The Labute approximate surface area is 142 Å². The molecule has 5 nitrogen and oxygen atoms in total. The number of carbonyl (C=O) groups excluding carboxylic acids is 1. The Bertz CT molecular complexity index is 821. The van der Waals surface area contributed by atoms with Crippen molar-refractivity contribution in [3.05, 3.63) is 50.9 Å². The summed E-state index contributed by atoms with van der Waals surface area (Å²) in [6, 6.07) is 7.35. The molecule has 2 N–H and O–H groups in total. The van der Waals surface area contributed by atoms with Gasteiger partial charge in [0.1, 0.15) is 5.82 Å². The van der Waals surface area contributed by atoms with Gasteiger partial charge >= 0.3 is 0 Å². The van der Waals surface area contributed by atoms with E-state index in [2.05, 4.69) is 10.0 Å². The van der Waals surface area contributed by atoms with Gasteiger partial charge in [-0.2, -0.15) is 0 Å². The standard InChI is InChI=1S/C14H14ClFN2O3S2/c1-23(20,21)17-7-6-10-3-5-13(22-10)14(19)18-9-2-4-12(16)11(15)8-9/h2-5,8,17H,6-7H2,1H3,(H,18,19). The minimum Gasteiger partial charge on any atom is -0.321 e. The molecule has 0 spiro atoms. The summed E-state index contributed by atoms with van der Waals surface area (Å²) in [5, 5.41) is 2.56. The number of hydrogen-bond acceptors (Lipinski definition) is 4. The molecule has 23 heavy (non-hydrogen) atoms. The lowest BCUT2D eigenvalue weighted by Gasteiger charge is -2.04. The predicted octanol–water partition coefficient (Wildman–Crippen LogP) is 2.88. The number of rotatable bonds is 6. The zero-order chi connectivity index (χ0) is 17.0. The van der Waals surface area contributed by atoms with Crippen molar-refractivity contribution in [1.29, 1.82) is 0 Å². The number of hydrogen-bond donors (Lipinski definition) is 2. The molecule has 124 valence electrons. The zero-order valence-corrected chi connectivity index (χ0v) is 14.5. The first-order chi connectivity index (χ1) is 10.7. The lowest BCUT2D eigenvalue weighted by Crippen LogP contribution is -2.24. The summed E-state index contributed by atoms with van der Waals surface area (Å²) in [5.74, 6) is -0.888. The molecule has 9 heteroatoms. The highest BCUT2D eigenvalue weighted by Crippen LogP contribution is 2.22. The molecule has 0 aliphatic carbocycles. The Morgan fingerprint density at radius 3 is 2.70 bits per heavy atom. The lowest BCUT2D eigenvalue weighted by molar-refractivity contribution is 0.103. The first-order valence-electron chi connectivity index (χ1n) is 6.54. The minimum atomic E-state index is -3.22. The molecule has 0 fully saturated rings. The topological polar surface area (TPSA) is 75.3 Å². The Kier molecular flexibility index (Phi) is 5.74. The molecular formula is C14H14ClFN2O3S2. The van der Waals surface area contributed by atoms with Gasteiger partial charge in [-0.15, -0.1) is 11.3 Å². The van der Waals surface area contributed by atoms with E-state index < -0.39 is 15.8 Å². The normalized spacial score (nSPS) is 11.4. The van der Waals surface area contributed by atoms with E-state index in [1.807, 2.05) is 0 Å². The van der Waals surface area contributed by atoms with Crippen molar-refractivity contribution in [2.24, 2.45) is 0 Å². The maximum Gasteiger partial charge on any atom is 0.265 e. The molecule has 1 aromatic heterocycles. The fourth-order valence-corrected chi connectivity index (χ4v) is 3.32. The summed E-state index contributed by atoms with van der Waals surface area (Å²) in [5.41, 5.74) is 0.398. The van der Waals surface area contributed by atoms with Gasteiger partial charge in [0.15, 0.2) is 0 Å². The van der Waals surface area contributed by atoms with Gasteiger partial charge in [0.25, 0.3) is 5.91 Å². The molecule has 0 aliphatic rings. The van der Waals surface area contributed by atoms with E-state index in [0.29, 0.717) is 17.0 Å². The van der Waals surface area contributed by atoms with E-state index >= 15 is 0 Å². The van der Waals surface area contributed by atoms with E-state index in [4.69, 9.17) is 11.6 Å². The number of sulfonamides is 1. The van der Waals surface area contributed by atoms with E-state index in [0.717, 1.165) is 11.1 Å². The molecule has 0 saturated carbocycles. The number of halogens is 2. The molecular weight excluding hydrogens is 363 g/mol. The third-order valence-electron chi connectivity index (χ3n) is 2.80. The summed E-state index contributed by atoms with van der Waals surface area (Å²) in [4.78, 5) is 13.5. The number of thiophene rings is 1. The lowest BCUT2D eigenvalue weighted by atomic mass is 10.3. The minimum absolute atomic E-state index is 0.0680. The number of carbonyl (C=O) groups is 1. The molecule has 2 aromatic rings. The van der Waals surface area contributed by atoms with Gasteiger partial charge in [-0.05, 0) is 36.8 Å². The number of anilines is 1. The largest absolute Gasteiger partial charge is 0.321 e. The summed E-state index contributed by atoms with van der Waals surface area (Å²) in [6.45, 7) is 0.272. The van der Waals surface area contributed by atoms with Crippen LogP contribution in [0, 0.1) is 5.82 Å². The maximum atomic E-state index is 13.1. The van der Waals surface area contributed by atoms with E-state index in [1.165, 1.54) is 29.5 Å². The van der Waals surface area contributed by atoms with Crippen LogP contribution >= 0.6 is 22.9 Å². The van der Waals surface area contributed by atoms with Crippen molar-refractivity contribution in [3.63, 3.8) is 0 Å². The van der Waals surface area contributed by atoms with Gasteiger partial charge in [0.05, 0.1) is 16.2 Å². The second-order valence-corrected chi connectivity index (χ2v) is 8.17. The zero-order valence-electron chi connectivity index (χ0n) is 12.1. The third kappa shape index (κ3) is 5.58. The molecule has 0 saturated heterocycles. The quantitative estimate of drug-likeness (QED) is 0.814. The van der Waals surface area contributed by atoms with Gasteiger partial charge in [0.2, 0.25) is 10.0 Å². The molecule has 0 bridgehead atoms. The van der Waals surface area contributed by atoms with Gasteiger partial charge in [0, 0.05) is 17.1 Å². The van der Waals surface area contributed by atoms with Crippen LogP contribution in [0.15, 0.2) is 30.3 Å². The summed E-state index contributed by atoms with van der Waals surface area (Å²) < 4.78 is 37.4. The van der Waals surface area contributed by atoms with E-state index in [9.17, 15) is 17.6 Å². The fourth-order valence-electron chi connectivity index (χ4n) is 1.76.